The van der Waals surface area contributed by atoms with Crippen LogP contribution >= 0.6 is 0 Å². The first-order valence-corrected chi connectivity index (χ1v) is 12.2. The minimum Gasteiger partial charge on any atom is -0.474 e. The number of ether oxygens (including phenoxy) is 2. The molecular formula is C28H27F2N3O5. The van der Waals surface area contributed by atoms with Crippen LogP contribution in [0, 0.1) is 23.5 Å². The summed E-state index contributed by atoms with van der Waals surface area (Å²) >= 11 is 0. The van der Waals surface area contributed by atoms with E-state index in [1.165, 1.54) is 11.0 Å². The average Bonchev–Trinajstić information content (AvgIpc) is 3.29. The normalized spacial score (nSPS) is 20.0. The van der Waals surface area contributed by atoms with E-state index in [1.807, 2.05) is 30.3 Å². The van der Waals surface area contributed by atoms with E-state index in [4.69, 9.17) is 9.47 Å². The van der Waals surface area contributed by atoms with Gasteiger partial charge in [0.1, 0.15) is 24.3 Å². The Bertz CT molecular complexity index is 1360. The van der Waals surface area contributed by atoms with Gasteiger partial charge in [0.2, 0.25) is 5.88 Å². The molecule has 198 valence electrons. The molecule has 1 unspecified atom stereocenters. The van der Waals surface area contributed by atoms with Crippen LogP contribution in [-0.4, -0.2) is 46.4 Å². The second-order valence-electron chi connectivity index (χ2n) is 10.1. The molecule has 2 N–H and O–H groups in total. The number of hydrogen-bond acceptors (Lipinski definition) is 5. The zero-order valence-corrected chi connectivity index (χ0v) is 20.9. The number of nitrogens with one attached hydrogen (secondary N) is 1. The zero-order chi connectivity index (χ0) is 27.0. The Labute approximate surface area is 218 Å². The fourth-order valence-corrected chi connectivity index (χ4v) is 4.79. The smallest absolute Gasteiger partial charge is 0.408 e. The van der Waals surface area contributed by atoms with Crippen molar-refractivity contribution in [2.75, 3.05) is 13.1 Å². The Morgan fingerprint density at radius 3 is 2.45 bits per heavy atom. The van der Waals surface area contributed by atoms with Gasteiger partial charge in [0.25, 0.3) is 0 Å². The zero-order valence-electron chi connectivity index (χ0n) is 20.9. The van der Waals surface area contributed by atoms with Crippen LogP contribution in [0.2, 0.25) is 0 Å². The van der Waals surface area contributed by atoms with Crippen molar-refractivity contribution in [3.8, 4) is 17.1 Å². The minimum absolute atomic E-state index is 0.0571. The van der Waals surface area contributed by atoms with E-state index in [9.17, 15) is 23.5 Å². The first kappa shape index (κ1) is 25.4. The van der Waals surface area contributed by atoms with Crippen molar-refractivity contribution in [2.45, 2.75) is 32.1 Å². The summed E-state index contributed by atoms with van der Waals surface area (Å²) in [5.74, 6) is -1.18. The number of pyridine rings is 1. The van der Waals surface area contributed by atoms with Crippen molar-refractivity contribution >= 4 is 12.2 Å². The lowest BCUT2D eigenvalue weighted by atomic mass is 9.93. The molecule has 1 saturated carbocycles. The highest BCUT2D eigenvalue weighted by Gasteiger charge is 2.59. The lowest BCUT2D eigenvalue weighted by Crippen LogP contribution is -2.41. The summed E-state index contributed by atoms with van der Waals surface area (Å²) in [6.07, 6.45) is -1.82. The monoisotopic (exact) mass is 523 g/mol. The summed E-state index contributed by atoms with van der Waals surface area (Å²) < 4.78 is 39.7. The summed E-state index contributed by atoms with van der Waals surface area (Å²) in [5.41, 5.74) is 0.718. The molecule has 8 nitrogen and oxygen atoms in total. The van der Waals surface area contributed by atoms with Crippen molar-refractivity contribution in [3.05, 3.63) is 83.4 Å². The Balaban J connectivity index is 1.37. The SMILES string of the molecule is CC(C)(NC(=O)OCc1ccccc1)c1cc(OC2[C@H]3CN(C(=O)O)C[C@@H]23)nc(-c2ccc(F)cc2F)c1. The highest BCUT2D eigenvalue weighted by Crippen LogP contribution is 2.48. The number of carbonyl (C=O) groups excluding carboxylic acids is 1. The Kier molecular flexibility index (Phi) is 6.64. The maximum absolute atomic E-state index is 14.7. The van der Waals surface area contributed by atoms with E-state index in [-0.39, 0.29) is 41.7 Å². The molecule has 3 atom stereocenters. The fourth-order valence-electron chi connectivity index (χ4n) is 4.79. The van der Waals surface area contributed by atoms with Gasteiger partial charge in [0, 0.05) is 42.6 Å². The quantitative estimate of drug-likeness (QED) is 0.443. The van der Waals surface area contributed by atoms with E-state index in [2.05, 4.69) is 10.3 Å². The maximum atomic E-state index is 14.7. The largest absolute Gasteiger partial charge is 0.474 e. The van der Waals surface area contributed by atoms with Crippen LogP contribution in [0.3, 0.4) is 0 Å². The standard InChI is InChI=1S/C28H27F2N3O5/c1-28(2,32-26(34)37-15-16-6-4-3-5-7-16)17-10-23(19-9-8-18(29)12-22(19)30)31-24(11-17)38-25-20-13-33(27(35)36)14-21(20)25/h3-12,20-21,25H,13-15H2,1-2H3,(H,32,34)(H,35,36)/t20-,21+,25?. The van der Waals surface area contributed by atoms with Crippen LogP contribution in [0.15, 0.2) is 60.7 Å². The van der Waals surface area contributed by atoms with Crippen molar-refractivity contribution < 1.29 is 33.0 Å². The molecule has 10 heteroatoms. The number of fused-ring (bicyclic) bond motifs is 1. The summed E-state index contributed by atoms with van der Waals surface area (Å²) in [4.78, 5) is 29.7. The molecule has 1 aromatic heterocycles. The number of aromatic nitrogens is 1. The highest BCUT2D eigenvalue weighted by molar-refractivity contribution is 5.69. The van der Waals surface area contributed by atoms with Gasteiger partial charge in [0.15, 0.2) is 0 Å². The summed E-state index contributed by atoms with van der Waals surface area (Å²) in [7, 11) is 0. The second-order valence-corrected chi connectivity index (χ2v) is 10.1. The fraction of sp³-hybridized carbons (Fsp3) is 0.321. The van der Waals surface area contributed by atoms with E-state index >= 15 is 0 Å². The molecule has 2 fully saturated rings. The number of halogens is 2. The lowest BCUT2D eigenvalue weighted by Gasteiger charge is -2.27. The third kappa shape index (κ3) is 5.39. The number of rotatable bonds is 7. The van der Waals surface area contributed by atoms with Gasteiger partial charge in [-0.05, 0) is 43.2 Å². The second kappa shape index (κ2) is 9.92. The van der Waals surface area contributed by atoms with Gasteiger partial charge < -0.3 is 24.8 Å². The molecule has 2 aliphatic rings. The summed E-state index contributed by atoms with van der Waals surface area (Å²) in [6.45, 7) is 4.38. The minimum atomic E-state index is -0.973. The van der Waals surface area contributed by atoms with E-state index in [0.29, 0.717) is 18.7 Å². The van der Waals surface area contributed by atoms with Gasteiger partial charge in [-0.2, -0.15) is 0 Å². The van der Waals surface area contributed by atoms with Crippen LogP contribution in [-0.2, 0) is 16.9 Å². The Hall–Kier alpha value is -4.21. The number of amides is 2. The van der Waals surface area contributed by atoms with Gasteiger partial charge in [-0.15, -0.1) is 0 Å². The molecule has 1 aliphatic carbocycles. The third-order valence-corrected chi connectivity index (χ3v) is 7.00. The van der Waals surface area contributed by atoms with Gasteiger partial charge in [-0.25, -0.2) is 23.4 Å². The van der Waals surface area contributed by atoms with Gasteiger partial charge in [-0.1, -0.05) is 30.3 Å². The van der Waals surface area contributed by atoms with E-state index in [0.717, 1.165) is 17.7 Å². The molecule has 38 heavy (non-hydrogen) atoms. The molecule has 1 aliphatic heterocycles. The number of nitrogens with zero attached hydrogens (tertiary/aromatic N) is 2. The Morgan fingerprint density at radius 1 is 1.08 bits per heavy atom. The third-order valence-electron chi connectivity index (χ3n) is 7.00. The van der Waals surface area contributed by atoms with Crippen LogP contribution in [0.4, 0.5) is 18.4 Å². The Morgan fingerprint density at radius 2 is 1.79 bits per heavy atom. The molecule has 0 radical (unpaired) electrons. The average molecular weight is 524 g/mol. The molecule has 0 bridgehead atoms. The van der Waals surface area contributed by atoms with Gasteiger partial charge >= 0.3 is 12.2 Å². The summed E-state index contributed by atoms with van der Waals surface area (Å²) in [5, 5.41) is 12.0. The molecular weight excluding hydrogens is 496 g/mol. The number of piperidine rings is 1. The summed E-state index contributed by atoms with van der Waals surface area (Å²) in [6, 6.07) is 15.7. The lowest BCUT2D eigenvalue weighted by molar-refractivity contribution is 0.129. The number of carbonyl (C=O) groups is 2. The predicted molar refractivity (Wildman–Crippen MR) is 133 cm³/mol. The molecule has 2 amide bonds. The van der Waals surface area contributed by atoms with Crippen molar-refractivity contribution in [2.24, 2.45) is 11.8 Å². The first-order chi connectivity index (χ1) is 18.1. The molecule has 0 spiro atoms. The van der Waals surface area contributed by atoms with Crippen LogP contribution in [0.25, 0.3) is 11.3 Å². The van der Waals surface area contributed by atoms with Crippen molar-refractivity contribution in [1.82, 2.24) is 15.2 Å². The van der Waals surface area contributed by atoms with Crippen LogP contribution in [0.5, 0.6) is 5.88 Å². The van der Waals surface area contributed by atoms with Crippen molar-refractivity contribution in [3.63, 3.8) is 0 Å². The molecule has 2 heterocycles. The molecule has 5 rings (SSSR count). The van der Waals surface area contributed by atoms with Crippen LogP contribution < -0.4 is 10.1 Å². The highest BCUT2D eigenvalue weighted by atomic mass is 19.1. The molecule has 1 saturated heterocycles. The topological polar surface area (TPSA) is 101 Å². The number of likely N-dealkylation sites (tertiary alicyclic amines) is 1. The van der Waals surface area contributed by atoms with Gasteiger partial charge in [0.05, 0.1) is 11.2 Å². The number of alkyl carbamates (subject to hydrolysis) is 1. The number of benzene rings is 2. The predicted octanol–water partition coefficient (Wildman–Crippen LogP) is 5.18. The first-order valence-electron chi connectivity index (χ1n) is 12.2. The maximum Gasteiger partial charge on any atom is 0.408 e. The van der Waals surface area contributed by atoms with Crippen molar-refractivity contribution in [1.29, 1.82) is 0 Å². The number of hydrogen-bond donors (Lipinski definition) is 2. The number of carboxylic acid groups (broad SMARTS) is 1. The van der Waals surface area contributed by atoms with E-state index < -0.39 is 29.4 Å². The van der Waals surface area contributed by atoms with Gasteiger partial charge in [-0.3, -0.25) is 0 Å². The molecule has 3 aromatic rings. The van der Waals surface area contributed by atoms with E-state index in [1.54, 1.807) is 26.0 Å². The molecule has 2 aromatic carbocycles. The van der Waals surface area contributed by atoms with Crippen LogP contribution in [0.1, 0.15) is 25.0 Å².